The number of aromatic amines is 1. The van der Waals surface area contributed by atoms with Gasteiger partial charge in [-0.05, 0) is 24.8 Å². The van der Waals surface area contributed by atoms with Crippen molar-refractivity contribution in [1.29, 1.82) is 0 Å². The summed E-state index contributed by atoms with van der Waals surface area (Å²) in [6.45, 7) is 2.48. The summed E-state index contributed by atoms with van der Waals surface area (Å²) in [7, 11) is 0. The minimum atomic E-state index is 0.144. The number of fused-ring (bicyclic) bond motifs is 1. The Hall–Kier alpha value is -2.41. The smallest absolute Gasteiger partial charge is 0.225 e. The van der Waals surface area contributed by atoms with Gasteiger partial charge in [-0.2, -0.15) is 10.2 Å². The molecule has 7 heteroatoms. The maximum absolute atomic E-state index is 6.21. The summed E-state index contributed by atoms with van der Waals surface area (Å²) in [4.78, 5) is 4.49. The SMILES string of the molecule is c1cc2[nH]nc(-c3cnn(CC4CCC4)c3)c2c(OC2CCOCC2)n1. The quantitative estimate of drug-likeness (QED) is 0.762. The number of pyridine rings is 1. The van der Waals surface area contributed by atoms with E-state index < -0.39 is 0 Å². The number of hydrogen-bond donors (Lipinski definition) is 1. The topological polar surface area (TPSA) is 77.9 Å². The van der Waals surface area contributed by atoms with Gasteiger partial charge < -0.3 is 9.47 Å². The van der Waals surface area contributed by atoms with Gasteiger partial charge in [-0.3, -0.25) is 9.78 Å². The fourth-order valence-corrected chi connectivity index (χ4v) is 3.71. The number of aromatic nitrogens is 5. The lowest BCUT2D eigenvalue weighted by molar-refractivity contribution is 0.0244. The van der Waals surface area contributed by atoms with Crippen molar-refractivity contribution in [3.63, 3.8) is 0 Å². The average molecular weight is 353 g/mol. The first-order chi connectivity index (χ1) is 12.9. The monoisotopic (exact) mass is 353 g/mol. The van der Waals surface area contributed by atoms with E-state index in [1.54, 1.807) is 6.20 Å². The van der Waals surface area contributed by atoms with Gasteiger partial charge in [-0.25, -0.2) is 4.98 Å². The van der Waals surface area contributed by atoms with Crippen LogP contribution in [0.2, 0.25) is 0 Å². The summed E-state index contributed by atoms with van der Waals surface area (Å²) in [6.07, 6.45) is 11.6. The Bertz CT molecular complexity index is 892. The van der Waals surface area contributed by atoms with Crippen molar-refractivity contribution in [2.45, 2.75) is 44.8 Å². The van der Waals surface area contributed by atoms with E-state index in [0.717, 1.165) is 60.7 Å². The van der Waals surface area contributed by atoms with Gasteiger partial charge in [0.15, 0.2) is 0 Å². The maximum atomic E-state index is 6.21. The van der Waals surface area contributed by atoms with Crippen molar-refractivity contribution < 1.29 is 9.47 Å². The molecule has 7 nitrogen and oxygen atoms in total. The van der Waals surface area contributed by atoms with Crippen molar-refractivity contribution in [2.75, 3.05) is 13.2 Å². The summed E-state index contributed by atoms with van der Waals surface area (Å²) in [5.41, 5.74) is 2.79. The van der Waals surface area contributed by atoms with Gasteiger partial charge in [0.25, 0.3) is 0 Å². The minimum absolute atomic E-state index is 0.144. The van der Waals surface area contributed by atoms with Gasteiger partial charge in [0.05, 0.1) is 30.3 Å². The second-order valence-electron chi connectivity index (χ2n) is 7.29. The fraction of sp³-hybridized carbons (Fsp3) is 0.526. The van der Waals surface area contributed by atoms with Crippen LogP contribution in [0.5, 0.6) is 5.88 Å². The minimum Gasteiger partial charge on any atom is -0.474 e. The molecule has 5 rings (SSSR count). The molecule has 0 unspecified atom stereocenters. The maximum Gasteiger partial charge on any atom is 0.225 e. The van der Waals surface area contributed by atoms with Crippen LogP contribution in [0, 0.1) is 5.92 Å². The van der Waals surface area contributed by atoms with Crippen LogP contribution in [0.4, 0.5) is 0 Å². The van der Waals surface area contributed by atoms with Crippen molar-refractivity contribution in [1.82, 2.24) is 25.0 Å². The fourth-order valence-electron chi connectivity index (χ4n) is 3.71. The van der Waals surface area contributed by atoms with Crippen molar-refractivity contribution in [3.05, 3.63) is 24.7 Å². The number of nitrogens with one attached hydrogen (secondary N) is 1. The van der Waals surface area contributed by atoms with Crippen LogP contribution in [0.1, 0.15) is 32.1 Å². The molecule has 0 atom stereocenters. The molecule has 0 radical (unpaired) electrons. The molecule has 3 aromatic rings. The van der Waals surface area contributed by atoms with Gasteiger partial charge in [0.2, 0.25) is 5.88 Å². The van der Waals surface area contributed by atoms with Gasteiger partial charge >= 0.3 is 0 Å². The van der Waals surface area contributed by atoms with Crippen LogP contribution in [-0.2, 0) is 11.3 Å². The number of rotatable bonds is 5. The summed E-state index contributed by atoms with van der Waals surface area (Å²) in [6, 6.07) is 1.93. The Morgan fingerprint density at radius 2 is 2.12 bits per heavy atom. The predicted octanol–water partition coefficient (Wildman–Crippen LogP) is 3.18. The highest BCUT2D eigenvalue weighted by Gasteiger charge is 2.22. The lowest BCUT2D eigenvalue weighted by Gasteiger charge is -2.24. The highest BCUT2D eigenvalue weighted by Crippen LogP contribution is 2.34. The molecule has 1 saturated heterocycles. The molecule has 4 heterocycles. The van der Waals surface area contributed by atoms with E-state index >= 15 is 0 Å². The molecule has 1 aliphatic heterocycles. The highest BCUT2D eigenvalue weighted by atomic mass is 16.5. The zero-order valence-electron chi connectivity index (χ0n) is 14.7. The molecule has 0 aromatic carbocycles. The molecule has 2 fully saturated rings. The van der Waals surface area contributed by atoms with Crippen LogP contribution in [0.15, 0.2) is 24.7 Å². The Balaban J connectivity index is 1.45. The van der Waals surface area contributed by atoms with Crippen molar-refractivity contribution >= 4 is 10.9 Å². The van der Waals surface area contributed by atoms with Crippen LogP contribution in [0.3, 0.4) is 0 Å². The zero-order chi connectivity index (χ0) is 17.3. The van der Waals surface area contributed by atoms with E-state index in [9.17, 15) is 0 Å². The molecule has 3 aromatic heterocycles. The van der Waals surface area contributed by atoms with Gasteiger partial charge in [0.1, 0.15) is 11.8 Å². The first kappa shape index (κ1) is 15.8. The summed E-state index contributed by atoms with van der Waals surface area (Å²) in [5.74, 6) is 1.41. The Morgan fingerprint density at radius 3 is 2.92 bits per heavy atom. The third-order valence-electron chi connectivity index (χ3n) is 5.46. The number of nitrogens with zero attached hydrogens (tertiary/aromatic N) is 4. The molecule has 1 N–H and O–H groups in total. The summed E-state index contributed by atoms with van der Waals surface area (Å²) in [5, 5.41) is 13.1. The van der Waals surface area contributed by atoms with E-state index in [0.29, 0.717) is 5.88 Å². The Kier molecular flexibility index (Phi) is 4.09. The normalized spacial score (nSPS) is 18.9. The first-order valence-corrected chi connectivity index (χ1v) is 9.47. The number of H-pyrrole nitrogens is 1. The molecule has 26 heavy (non-hydrogen) atoms. The molecule has 1 saturated carbocycles. The van der Waals surface area contributed by atoms with Crippen LogP contribution < -0.4 is 4.74 Å². The van der Waals surface area contributed by atoms with Gasteiger partial charge in [0, 0.05) is 37.3 Å². The summed E-state index contributed by atoms with van der Waals surface area (Å²) >= 11 is 0. The lowest BCUT2D eigenvalue weighted by atomic mass is 9.85. The van der Waals surface area contributed by atoms with E-state index in [-0.39, 0.29) is 6.10 Å². The molecule has 1 aliphatic carbocycles. The van der Waals surface area contributed by atoms with E-state index in [2.05, 4.69) is 26.5 Å². The number of hydrogen-bond acceptors (Lipinski definition) is 5. The Morgan fingerprint density at radius 1 is 1.23 bits per heavy atom. The zero-order valence-corrected chi connectivity index (χ0v) is 14.7. The standard InChI is InChI=1S/C19H23N5O2/c1-2-13(3-1)11-24-12-14(10-21-24)18-17-16(22-23-18)4-7-20-19(17)26-15-5-8-25-9-6-15/h4,7,10,12-13,15H,1-3,5-6,8-9,11H2,(H,22,23). The lowest BCUT2D eigenvalue weighted by Crippen LogP contribution is -2.26. The molecule has 0 amide bonds. The number of ether oxygens (including phenoxy) is 2. The van der Waals surface area contributed by atoms with Crippen LogP contribution in [-0.4, -0.2) is 44.3 Å². The van der Waals surface area contributed by atoms with Crippen molar-refractivity contribution in [3.8, 4) is 17.1 Å². The van der Waals surface area contributed by atoms with Gasteiger partial charge in [-0.1, -0.05) is 6.42 Å². The van der Waals surface area contributed by atoms with E-state index in [1.165, 1.54) is 19.3 Å². The predicted molar refractivity (Wildman–Crippen MR) is 96.9 cm³/mol. The van der Waals surface area contributed by atoms with Crippen LogP contribution >= 0.6 is 0 Å². The largest absolute Gasteiger partial charge is 0.474 e. The summed E-state index contributed by atoms with van der Waals surface area (Å²) < 4.78 is 13.7. The molecule has 0 bridgehead atoms. The average Bonchev–Trinajstić information content (AvgIpc) is 3.26. The third-order valence-corrected chi connectivity index (χ3v) is 5.46. The molecular formula is C19H23N5O2. The third kappa shape index (κ3) is 2.96. The first-order valence-electron chi connectivity index (χ1n) is 9.47. The van der Waals surface area contributed by atoms with Crippen molar-refractivity contribution in [2.24, 2.45) is 5.92 Å². The Labute approximate surface area is 151 Å². The highest BCUT2D eigenvalue weighted by molar-refractivity contribution is 5.96. The molecule has 0 spiro atoms. The van der Waals surface area contributed by atoms with E-state index in [4.69, 9.17) is 9.47 Å². The molecule has 136 valence electrons. The second-order valence-corrected chi connectivity index (χ2v) is 7.29. The van der Waals surface area contributed by atoms with Crippen LogP contribution in [0.25, 0.3) is 22.2 Å². The molecular weight excluding hydrogens is 330 g/mol. The second kappa shape index (κ2) is 6.72. The van der Waals surface area contributed by atoms with Gasteiger partial charge in [-0.15, -0.1) is 0 Å². The van der Waals surface area contributed by atoms with E-state index in [1.807, 2.05) is 16.9 Å². The molecule has 2 aliphatic rings.